The molecule has 3 rings (SSSR count). The lowest BCUT2D eigenvalue weighted by molar-refractivity contribution is -0.124. The number of amides is 1. The zero-order valence-electron chi connectivity index (χ0n) is 11.6. The molecule has 0 aliphatic carbocycles. The average molecular weight is 310 g/mol. The molecule has 2 saturated heterocycles. The smallest absolute Gasteiger partial charge is 0.261 e. The molecule has 6 nitrogen and oxygen atoms in total. The van der Waals surface area contributed by atoms with Crippen LogP contribution < -0.4 is 10.1 Å². The molecule has 7 heteroatoms. The molecule has 2 aliphatic rings. The van der Waals surface area contributed by atoms with Gasteiger partial charge < -0.3 is 10.1 Å². The second-order valence-corrected chi connectivity index (χ2v) is 7.21. The summed E-state index contributed by atoms with van der Waals surface area (Å²) in [6, 6.07) is 6.29. The van der Waals surface area contributed by atoms with Crippen LogP contribution in [0.25, 0.3) is 0 Å². The maximum atomic E-state index is 12.4. The van der Waals surface area contributed by atoms with Crippen LogP contribution in [0, 0.1) is 0 Å². The lowest BCUT2D eigenvalue weighted by atomic mass is 10.3. The minimum atomic E-state index is -3.39. The molecule has 0 saturated carbocycles. The highest BCUT2D eigenvalue weighted by molar-refractivity contribution is 7.89. The quantitative estimate of drug-likeness (QED) is 0.890. The Morgan fingerprint density at radius 2 is 1.81 bits per heavy atom. The van der Waals surface area contributed by atoms with Crippen LogP contribution in [0.2, 0.25) is 0 Å². The Hall–Kier alpha value is -1.60. The van der Waals surface area contributed by atoms with Crippen molar-refractivity contribution in [1.29, 1.82) is 0 Å². The Bertz CT molecular complexity index is 621. The van der Waals surface area contributed by atoms with E-state index in [-0.39, 0.29) is 10.8 Å². The number of carbonyl (C=O) groups is 1. The summed E-state index contributed by atoms with van der Waals surface area (Å²) in [5.41, 5.74) is 0. The molecular weight excluding hydrogens is 292 g/mol. The number of hydrogen-bond donors (Lipinski definition) is 1. The number of sulfonamides is 1. The van der Waals surface area contributed by atoms with Crippen molar-refractivity contribution in [2.45, 2.75) is 30.3 Å². The van der Waals surface area contributed by atoms with E-state index in [0.29, 0.717) is 31.8 Å². The van der Waals surface area contributed by atoms with Gasteiger partial charge in [0.2, 0.25) is 10.0 Å². The predicted molar refractivity (Wildman–Crippen MR) is 76.5 cm³/mol. The van der Waals surface area contributed by atoms with Gasteiger partial charge in [0.05, 0.1) is 4.90 Å². The van der Waals surface area contributed by atoms with Crippen LogP contribution >= 0.6 is 0 Å². The standard InChI is InChI=1S/C14H18N2O4S/c17-14-13(7-8-15-14)20-11-3-5-12(6-4-11)21(18,19)16-9-1-2-10-16/h3-6,13H,1-2,7-10H2,(H,15,17)/t13-/m1/s1. The summed E-state index contributed by atoms with van der Waals surface area (Å²) in [4.78, 5) is 11.7. The molecule has 21 heavy (non-hydrogen) atoms. The van der Waals surface area contributed by atoms with Gasteiger partial charge in [-0.1, -0.05) is 0 Å². The lowest BCUT2D eigenvalue weighted by Gasteiger charge is -2.16. The van der Waals surface area contributed by atoms with Crippen molar-refractivity contribution in [1.82, 2.24) is 9.62 Å². The number of benzene rings is 1. The summed E-state index contributed by atoms with van der Waals surface area (Å²) in [6.45, 7) is 1.79. The zero-order valence-corrected chi connectivity index (χ0v) is 12.4. The van der Waals surface area contributed by atoms with E-state index in [4.69, 9.17) is 4.74 Å². The first kappa shape index (κ1) is 14.3. The molecule has 1 N–H and O–H groups in total. The first-order chi connectivity index (χ1) is 10.1. The fourth-order valence-electron chi connectivity index (χ4n) is 2.62. The second kappa shape index (κ2) is 5.65. The summed E-state index contributed by atoms with van der Waals surface area (Å²) >= 11 is 0. The zero-order chi connectivity index (χ0) is 14.9. The van der Waals surface area contributed by atoms with Crippen LogP contribution in [0.15, 0.2) is 29.2 Å². The van der Waals surface area contributed by atoms with Crippen molar-refractivity contribution < 1.29 is 17.9 Å². The molecular formula is C14H18N2O4S. The molecule has 114 valence electrons. The summed E-state index contributed by atoms with van der Waals surface area (Å²) < 4.78 is 31.8. The van der Waals surface area contributed by atoms with Crippen LogP contribution in [-0.2, 0) is 14.8 Å². The molecule has 2 aliphatic heterocycles. The molecule has 1 aromatic carbocycles. The van der Waals surface area contributed by atoms with Gasteiger partial charge in [-0.25, -0.2) is 8.42 Å². The molecule has 2 heterocycles. The summed E-state index contributed by atoms with van der Waals surface area (Å²) in [5.74, 6) is 0.390. The van der Waals surface area contributed by atoms with E-state index < -0.39 is 16.1 Å². The Balaban J connectivity index is 1.73. The first-order valence-corrected chi connectivity index (χ1v) is 8.56. The van der Waals surface area contributed by atoms with Gasteiger partial charge in [0.1, 0.15) is 5.75 Å². The van der Waals surface area contributed by atoms with Gasteiger partial charge in [0, 0.05) is 26.1 Å². The third-order valence-electron chi connectivity index (χ3n) is 3.80. The average Bonchev–Trinajstić information content (AvgIpc) is 3.12. The highest BCUT2D eigenvalue weighted by Gasteiger charge is 2.28. The maximum absolute atomic E-state index is 12.4. The van der Waals surface area contributed by atoms with E-state index in [1.165, 1.54) is 16.4 Å². The molecule has 0 radical (unpaired) electrons. The molecule has 0 unspecified atom stereocenters. The van der Waals surface area contributed by atoms with Crippen molar-refractivity contribution >= 4 is 15.9 Å². The second-order valence-electron chi connectivity index (χ2n) is 5.27. The van der Waals surface area contributed by atoms with E-state index in [0.717, 1.165) is 12.8 Å². The lowest BCUT2D eigenvalue weighted by Crippen LogP contribution is -2.28. The number of hydrogen-bond acceptors (Lipinski definition) is 4. The molecule has 0 aromatic heterocycles. The number of nitrogens with one attached hydrogen (secondary N) is 1. The third kappa shape index (κ3) is 2.89. The van der Waals surface area contributed by atoms with Gasteiger partial charge in [-0.15, -0.1) is 0 Å². The van der Waals surface area contributed by atoms with Crippen LogP contribution in [0.3, 0.4) is 0 Å². The van der Waals surface area contributed by atoms with E-state index in [1.807, 2.05) is 0 Å². The molecule has 1 amide bonds. The van der Waals surface area contributed by atoms with Crippen LogP contribution in [-0.4, -0.2) is 44.4 Å². The van der Waals surface area contributed by atoms with Crippen LogP contribution in [0.4, 0.5) is 0 Å². The molecule has 0 spiro atoms. The van der Waals surface area contributed by atoms with Gasteiger partial charge in [-0.2, -0.15) is 4.31 Å². The predicted octanol–water partition coefficient (Wildman–Crippen LogP) is 0.738. The number of rotatable bonds is 4. The first-order valence-electron chi connectivity index (χ1n) is 7.12. The largest absolute Gasteiger partial charge is 0.481 e. The fraction of sp³-hybridized carbons (Fsp3) is 0.500. The third-order valence-corrected chi connectivity index (χ3v) is 5.72. The normalized spacial score (nSPS) is 23.2. The van der Waals surface area contributed by atoms with Crippen LogP contribution in [0.1, 0.15) is 19.3 Å². The van der Waals surface area contributed by atoms with Gasteiger partial charge in [-0.05, 0) is 37.1 Å². The van der Waals surface area contributed by atoms with Gasteiger partial charge in [-0.3, -0.25) is 4.79 Å². The Morgan fingerprint density at radius 1 is 1.14 bits per heavy atom. The van der Waals surface area contributed by atoms with Crippen molar-refractivity contribution in [3.63, 3.8) is 0 Å². The van der Waals surface area contributed by atoms with E-state index >= 15 is 0 Å². The molecule has 1 atom stereocenters. The van der Waals surface area contributed by atoms with E-state index in [1.54, 1.807) is 12.1 Å². The number of carbonyl (C=O) groups excluding carboxylic acids is 1. The highest BCUT2D eigenvalue weighted by atomic mass is 32.2. The fourth-order valence-corrected chi connectivity index (χ4v) is 4.13. The minimum absolute atomic E-state index is 0.122. The van der Waals surface area contributed by atoms with Gasteiger partial charge >= 0.3 is 0 Å². The van der Waals surface area contributed by atoms with Crippen molar-refractivity contribution in [3.05, 3.63) is 24.3 Å². The van der Waals surface area contributed by atoms with Gasteiger partial charge in [0.15, 0.2) is 6.10 Å². The van der Waals surface area contributed by atoms with E-state index in [2.05, 4.69) is 5.32 Å². The van der Waals surface area contributed by atoms with Crippen molar-refractivity contribution in [2.75, 3.05) is 19.6 Å². The minimum Gasteiger partial charge on any atom is -0.481 e. The monoisotopic (exact) mass is 310 g/mol. The van der Waals surface area contributed by atoms with Gasteiger partial charge in [0.25, 0.3) is 5.91 Å². The topological polar surface area (TPSA) is 75.7 Å². The van der Waals surface area contributed by atoms with Crippen molar-refractivity contribution in [2.24, 2.45) is 0 Å². The number of nitrogens with zero attached hydrogens (tertiary/aromatic N) is 1. The maximum Gasteiger partial charge on any atom is 0.261 e. The van der Waals surface area contributed by atoms with Crippen LogP contribution in [0.5, 0.6) is 5.75 Å². The SMILES string of the molecule is O=C1NCC[C@H]1Oc1ccc(S(=O)(=O)N2CCCC2)cc1. The van der Waals surface area contributed by atoms with E-state index in [9.17, 15) is 13.2 Å². The Labute approximate surface area is 124 Å². The molecule has 2 fully saturated rings. The molecule has 0 bridgehead atoms. The Morgan fingerprint density at radius 3 is 2.38 bits per heavy atom. The molecule has 1 aromatic rings. The number of ether oxygens (including phenoxy) is 1. The van der Waals surface area contributed by atoms with Crippen molar-refractivity contribution in [3.8, 4) is 5.75 Å². The highest BCUT2D eigenvalue weighted by Crippen LogP contribution is 2.23. The summed E-state index contributed by atoms with van der Waals surface area (Å²) in [7, 11) is -3.39. The summed E-state index contributed by atoms with van der Waals surface area (Å²) in [6.07, 6.45) is 1.98. The Kier molecular flexibility index (Phi) is 3.86. The summed E-state index contributed by atoms with van der Waals surface area (Å²) in [5, 5.41) is 2.70.